The standard InChI is InChI=1S/C25H32F2N2O2.C16H16O3.C9H18F2N2/c1-18-14-21(15-19(2)22(18)31-16-20-8-6-5-7-9-20)23(30)28-17-24(29(3)4)10-12-25(26,27)13-11-24;1-11-8-14(16(17)18)9-12(2)15(11)19-10-13-6-4-3-5-7-13;1-13(2)8(7-12)3-5-9(10,11)6-4-8/h5-9,14-15H,10-13,16-17H2,1-4H3,(H,28,30);3-9H,10H2,1-2H3,(H,17,18);3-7,12H2,1-2H3. The minimum atomic E-state index is -2.60. The van der Waals surface area contributed by atoms with Gasteiger partial charge in [0.1, 0.15) is 24.7 Å². The second-order valence-corrected chi connectivity index (χ2v) is 17.6. The van der Waals surface area contributed by atoms with Crippen LogP contribution in [0.4, 0.5) is 17.6 Å². The molecule has 0 atom stereocenters. The fraction of sp³-hybridized carbons (Fsp3) is 0.480. The Morgan fingerprint density at radius 3 is 1.29 bits per heavy atom. The highest BCUT2D eigenvalue weighted by atomic mass is 19.3. The van der Waals surface area contributed by atoms with Gasteiger partial charge in [-0.1, -0.05) is 60.7 Å². The van der Waals surface area contributed by atoms with Crippen molar-refractivity contribution in [1.29, 1.82) is 0 Å². The smallest absolute Gasteiger partial charge is 0.335 e. The zero-order valence-corrected chi connectivity index (χ0v) is 38.1. The van der Waals surface area contributed by atoms with Crippen LogP contribution in [0.25, 0.3) is 0 Å². The van der Waals surface area contributed by atoms with Gasteiger partial charge >= 0.3 is 5.97 Å². The number of aromatic carboxylic acids is 1. The SMILES string of the molecule is CN(C)C1(CN)CCC(F)(F)CC1.Cc1cc(C(=O)NCC2(N(C)C)CCC(F)(F)CC2)cc(C)c1OCc1ccccc1.Cc1cc(C(=O)O)cc(C)c1OCc1ccccc1. The number of benzene rings is 4. The van der Waals surface area contributed by atoms with E-state index in [1.54, 1.807) is 12.1 Å². The molecule has 4 aromatic rings. The number of alkyl halides is 4. The van der Waals surface area contributed by atoms with Crippen LogP contribution >= 0.6 is 0 Å². The summed E-state index contributed by atoms with van der Waals surface area (Å²) in [6, 6.07) is 26.7. The third-order valence-electron chi connectivity index (χ3n) is 12.6. The fourth-order valence-corrected chi connectivity index (χ4v) is 8.20. The molecule has 4 aromatic carbocycles. The third kappa shape index (κ3) is 14.3. The van der Waals surface area contributed by atoms with E-state index in [0.717, 1.165) is 44.9 Å². The maximum Gasteiger partial charge on any atom is 0.335 e. The average Bonchev–Trinajstić information content (AvgIpc) is 3.24. The summed E-state index contributed by atoms with van der Waals surface area (Å²) >= 11 is 0. The number of carbonyl (C=O) groups is 2. The van der Waals surface area contributed by atoms with E-state index in [0.29, 0.717) is 63.1 Å². The number of likely N-dealkylation sites (N-methyl/N-ethyl adjacent to an activating group) is 2. The van der Waals surface area contributed by atoms with Crippen LogP contribution in [0.15, 0.2) is 84.9 Å². The van der Waals surface area contributed by atoms with Gasteiger partial charge in [-0.15, -0.1) is 0 Å². The first-order chi connectivity index (χ1) is 29.6. The van der Waals surface area contributed by atoms with Crippen molar-refractivity contribution in [2.75, 3.05) is 41.3 Å². The van der Waals surface area contributed by atoms with Crippen LogP contribution in [0.3, 0.4) is 0 Å². The van der Waals surface area contributed by atoms with Crippen molar-refractivity contribution >= 4 is 11.9 Å². The lowest BCUT2D eigenvalue weighted by Crippen LogP contribution is -2.56. The predicted molar refractivity (Wildman–Crippen MR) is 241 cm³/mol. The van der Waals surface area contributed by atoms with Crippen LogP contribution in [0.5, 0.6) is 11.5 Å². The monoisotopic (exact) mass is 878 g/mol. The highest BCUT2D eigenvalue weighted by Gasteiger charge is 2.45. The number of carbonyl (C=O) groups excluding carboxylic acids is 1. The van der Waals surface area contributed by atoms with Gasteiger partial charge in [0.05, 0.1) is 5.56 Å². The number of halogens is 4. The second kappa shape index (κ2) is 22.1. The summed E-state index contributed by atoms with van der Waals surface area (Å²) in [7, 11) is 7.61. The van der Waals surface area contributed by atoms with Gasteiger partial charge in [0.15, 0.2) is 0 Å². The van der Waals surface area contributed by atoms with E-state index in [1.165, 1.54) is 0 Å². The lowest BCUT2D eigenvalue weighted by atomic mass is 9.78. The van der Waals surface area contributed by atoms with E-state index >= 15 is 0 Å². The van der Waals surface area contributed by atoms with Gasteiger partial charge < -0.3 is 35.4 Å². The first-order valence-corrected chi connectivity index (χ1v) is 21.5. The quantitative estimate of drug-likeness (QED) is 0.114. The Morgan fingerprint density at radius 1 is 0.603 bits per heavy atom. The zero-order chi connectivity index (χ0) is 46.6. The molecule has 0 aliphatic heterocycles. The molecular formula is C50H66F4N4O5. The Morgan fingerprint density at radius 2 is 0.952 bits per heavy atom. The Balaban J connectivity index is 0.000000230. The van der Waals surface area contributed by atoms with Gasteiger partial charge in [-0.25, -0.2) is 22.4 Å². The van der Waals surface area contributed by atoms with E-state index in [4.69, 9.17) is 20.3 Å². The van der Waals surface area contributed by atoms with Crippen molar-refractivity contribution in [1.82, 2.24) is 15.1 Å². The second-order valence-electron chi connectivity index (χ2n) is 17.6. The molecule has 9 nitrogen and oxygen atoms in total. The number of rotatable bonds is 13. The molecule has 2 saturated carbocycles. The number of hydrogen-bond acceptors (Lipinski definition) is 7. The van der Waals surface area contributed by atoms with Crippen molar-refractivity contribution < 1.29 is 41.7 Å². The van der Waals surface area contributed by atoms with Gasteiger partial charge in [-0.3, -0.25) is 4.79 Å². The molecule has 63 heavy (non-hydrogen) atoms. The molecule has 13 heteroatoms. The number of nitrogens with two attached hydrogens (primary N) is 1. The summed E-state index contributed by atoms with van der Waals surface area (Å²) < 4.78 is 64.9. The fourth-order valence-electron chi connectivity index (χ4n) is 8.20. The maximum absolute atomic E-state index is 13.7. The molecular weight excluding hydrogens is 813 g/mol. The van der Waals surface area contributed by atoms with Crippen LogP contribution in [-0.4, -0.2) is 91.0 Å². The molecule has 2 fully saturated rings. The van der Waals surface area contributed by atoms with Crippen molar-refractivity contribution in [3.8, 4) is 11.5 Å². The maximum atomic E-state index is 13.7. The van der Waals surface area contributed by atoms with E-state index in [-0.39, 0.29) is 37.1 Å². The number of nitrogens with one attached hydrogen (secondary N) is 1. The molecule has 0 bridgehead atoms. The third-order valence-corrected chi connectivity index (χ3v) is 12.6. The summed E-state index contributed by atoms with van der Waals surface area (Å²) in [6.45, 7) is 9.33. The summed E-state index contributed by atoms with van der Waals surface area (Å²) in [5.41, 5.74) is 11.5. The normalized spacial score (nSPS) is 17.1. The van der Waals surface area contributed by atoms with Crippen molar-refractivity contribution in [2.24, 2.45) is 5.73 Å². The molecule has 0 spiro atoms. The van der Waals surface area contributed by atoms with Gasteiger partial charge in [-0.2, -0.15) is 0 Å². The first kappa shape index (κ1) is 50.7. The number of aryl methyl sites for hydroxylation is 4. The highest BCUT2D eigenvalue weighted by Crippen LogP contribution is 2.41. The van der Waals surface area contributed by atoms with Crippen LogP contribution in [0.1, 0.15) is 105 Å². The highest BCUT2D eigenvalue weighted by molar-refractivity contribution is 5.95. The molecule has 0 saturated heterocycles. The summed E-state index contributed by atoms with van der Waals surface area (Å²) in [6.07, 6.45) is 1.38. The molecule has 6 rings (SSSR count). The van der Waals surface area contributed by atoms with E-state index < -0.39 is 23.4 Å². The molecule has 2 aliphatic carbocycles. The van der Waals surface area contributed by atoms with E-state index in [2.05, 4.69) is 5.32 Å². The molecule has 0 aromatic heterocycles. The zero-order valence-electron chi connectivity index (χ0n) is 38.1. The van der Waals surface area contributed by atoms with Gasteiger partial charge in [-0.05, 0) is 139 Å². The molecule has 1 amide bonds. The lowest BCUT2D eigenvalue weighted by molar-refractivity contribution is -0.0728. The molecule has 4 N–H and O–H groups in total. The van der Waals surface area contributed by atoms with Crippen LogP contribution in [0, 0.1) is 27.7 Å². The van der Waals surface area contributed by atoms with Gasteiger partial charge in [0.25, 0.3) is 5.91 Å². The Kier molecular flexibility index (Phi) is 17.8. The van der Waals surface area contributed by atoms with Crippen molar-refractivity contribution in [2.45, 2.75) is 115 Å². The predicted octanol–water partition coefficient (Wildman–Crippen LogP) is 10.2. The Hall–Kier alpha value is -4.98. The number of carboxylic acids is 1. The number of ether oxygens (including phenoxy) is 2. The number of nitrogens with zero attached hydrogens (tertiary/aromatic N) is 2. The number of hydrogen-bond donors (Lipinski definition) is 3. The molecule has 0 unspecified atom stereocenters. The minimum absolute atomic E-state index is 0.0254. The molecule has 344 valence electrons. The van der Waals surface area contributed by atoms with Gasteiger partial charge in [0, 0.05) is 55.4 Å². The summed E-state index contributed by atoms with van der Waals surface area (Å²) in [4.78, 5) is 27.8. The Bertz CT molecular complexity index is 2050. The molecule has 0 radical (unpaired) electrons. The topological polar surface area (TPSA) is 117 Å². The Labute approximate surface area is 371 Å². The minimum Gasteiger partial charge on any atom is -0.488 e. The number of amides is 1. The largest absolute Gasteiger partial charge is 0.488 e. The van der Waals surface area contributed by atoms with Crippen molar-refractivity contribution in [3.05, 3.63) is 129 Å². The summed E-state index contributed by atoms with van der Waals surface area (Å²) in [5.74, 6) is -4.64. The molecule has 2 aliphatic rings. The average molecular weight is 879 g/mol. The lowest BCUT2D eigenvalue weighted by Gasteiger charge is -2.45. The summed E-state index contributed by atoms with van der Waals surface area (Å²) in [5, 5.41) is 12.0. The molecule has 0 heterocycles. The van der Waals surface area contributed by atoms with Crippen LogP contribution in [0.2, 0.25) is 0 Å². The number of carboxylic acid groups (broad SMARTS) is 1. The van der Waals surface area contributed by atoms with Crippen molar-refractivity contribution in [3.63, 3.8) is 0 Å². The van der Waals surface area contributed by atoms with E-state index in [1.807, 2.05) is 138 Å². The van der Waals surface area contributed by atoms with Crippen LogP contribution < -0.4 is 20.5 Å². The first-order valence-electron chi connectivity index (χ1n) is 21.5. The van der Waals surface area contributed by atoms with Crippen LogP contribution in [-0.2, 0) is 13.2 Å². The van der Waals surface area contributed by atoms with E-state index in [9.17, 15) is 27.2 Å². The van der Waals surface area contributed by atoms with Gasteiger partial charge in [0.2, 0.25) is 11.8 Å².